The quantitative estimate of drug-likeness (QED) is 0.485. The van der Waals surface area contributed by atoms with E-state index in [1.54, 1.807) is 24.3 Å². The fourth-order valence-corrected chi connectivity index (χ4v) is 1.76. The first-order valence-corrected chi connectivity index (χ1v) is 5.21. The molecule has 1 aromatic carbocycles. The first kappa shape index (κ1) is 11.3. The molecule has 17 heavy (non-hydrogen) atoms. The summed E-state index contributed by atoms with van der Waals surface area (Å²) in [5.74, 6) is -0.537. The van der Waals surface area contributed by atoms with E-state index < -0.39 is 0 Å². The Morgan fingerprint density at radius 1 is 1.24 bits per heavy atom. The number of methoxy groups -OCH3 is 1. The molecule has 2 rings (SSSR count). The molecule has 1 heterocycles. The Morgan fingerprint density at radius 3 is 2.24 bits per heavy atom. The summed E-state index contributed by atoms with van der Waals surface area (Å²) in [6.45, 7) is 0.180. The summed E-state index contributed by atoms with van der Waals surface area (Å²) in [6, 6.07) is 6.73. The molecule has 0 bridgehead atoms. The largest absolute Gasteiger partial charge is 0.484 e. The molecule has 88 valence electrons. The smallest absolute Gasteiger partial charge is 0.261 e. The summed E-state index contributed by atoms with van der Waals surface area (Å²) in [5.41, 5.74) is 0.864. The SMILES string of the molecule is COC(=N)CCN1C(=O)c2ccccc2C1=O. The Morgan fingerprint density at radius 2 is 1.76 bits per heavy atom. The number of nitrogens with one attached hydrogen (secondary N) is 1. The Hall–Kier alpha value is -2.17. The van der Waals surface area contributed by atoms with Crippen molar-refractivity contribution in [2.75, 3.05) is 13.7 Å². The first-order chi connectivity index (χ1) is 8.15. The number of fused-ring (bicyclic) bond motifs is 1. The van der Waals surface area contributed by atoms with Gasteiger partial charge in [0.15, 0.2) is 5.90 Å². The highest BCUT2D eigenvalue weighted by Crippen LogP contribution is 2.22. The Kier molecular flexibility index (Phi) is 2.91. The fourth-order valence-electron chi connectivity index (χ4n) is 1.76. The van der Waals surface area contributed by atoms with E-state index in [9.17, 15) is 9.59 Å². The highest BCUT2D eigenvalue weighted by Gasteiger charge is 2.34. The van der Waals surface area contributed by atoms with Crippen molar-refractivity contribution in [1.29, 1.82) is 5.41 Å². The summed E-state index contributed by atoms with van der Waals surface area (Å²) in [5, 5.41) is 7.32. The molecule has 1 aromatic rings. The summed E-state index contributed by atoms with van der Waals surface area (Å²) in [4.78, 5) is 25.0. The van der Waals surface area contributed by atoms with Crippen LogP contribution < -0.4 is 0 Å². The molecule has 0 spiro atoms. The number of hydrogen-bond acceptors (Lipinski definition) is 4. The van der Waals surface area contributed by atoms with E-state index in [2.05, 4.69) is 0 Å². The topological polar surface area (TPSA) is 70.5 Å². The second-order valence-corrected chi connectivity index (χ2v) is 3.68. The van der Waals surface area contributed by atoms with Gasteiger partial charge in [-0.15, -0.1) is 0 Å². The van der Waals surface area contributed by atoms with E-state index in [1.165, 1.54) is 7.11 Å². The van der Waals surface area contributed by atoms with Crippen molar-refractivity contribution in [2.24, 2.45) is 0 Å². The Balaban J connectivity index is 2.16. The van der Waals surface area contributed by atoms with Gasteiger partial charge in [-0.25, -0.2) is 0 Å². The third-order valence-electron chi connectivity index (χ3n) is 2.69. The molecular weight excluding hydrogens is 220 g/mol. The second-order valence-electron chi connectivity index (χ2n) is 3.68. The lowest BCUT2D eigenvalue weighted by Crippen LogP contribution is -2.32. The van der Waals surface area contributed by atoms with Crippen molar-refractivity contribution in [2.45, 2.75) is 6.42 Å². The molecule has 0 unspecified atom stereocenters. The van der Waals surface area contributed by atoms with Crippen LogP contribution >= 0.6 is 0 Å². The fraction of sp³-hybridized carbons (Fsp3) is 0.250. The molecule has 0 aromatic heterocycles. The number of carbonyl (C=O) groups is 2. The minimum Gasteiger partial charge on any atom is -0.484 e. The molecule has 0 aliphatic carbocycles. The number of imide groups is 1. The zero-order chi connectivity index (χ0) is 12.4. The molecule has 0 radical (unpaired) electrons. The standard InChI is InChI=1S/C12H12N2O3/c1-17-10(13)6-7-14-11(15)8-4-2-3-5-9(8)12(14)16/h2-5,13H,6-7H2,1H3. The lowest BCUT2D eigenvalue weighted by Gasteiger charge is -2.13. The maximum Gasteiger partial charge on any atom is 0.261 e. The van der Waals surface area contributed by atoms with Gasteiger partial charge in [0.2, 0.25) is 0 Å². The van der Waals surface area contributed by atoms with E-state index in [0.717, 1.165) is 4.90 Å². The van der Waals surface area contributed by atoms with Gasteiger partial charge in [-0.3, -0.25) is 19.9 Å². The van der Waals surface area contributed by atoms with Crippen LogP contribution in [-0.2, 0) is 4.74 Å². The average molecular weight is 232 g/mol. The number of nitrogens with zero attached hydrogens (tertiary/aromatic N) is 1. The molecule has 5 heteroatoms. The van der Waals surface area contributed by atoms with Crippen molar-refractivity contribution >= 4 is 17.7 Å². The maximum absolute atomic E-state index is 11.9. The number of benzene rings is 1. The Labute approximate surface area is 98.5 Å². The molecule has 5 nitrogen and oxygen atoms in total. The molecule has 2 amide bonds. The van der Waals surface area contributed by atoms with Gasteiger partial charge >= 0.3 is 0 Å². The van der Waals surface area contributed by atoms with Gasteiger partial charge in [-0.2, -0.15) is 0 Å². The van der Waals surface area contributed by atoms with Crippen molar-refractivity contribution in [3.63, 3.8) is 0 Å². The van der Waals surface area contributed by atoms with Gasteiger partial charge in [0.1, 0.15) is 0 Å². The number of ether oxygens (including phenoxy) is 1. The lowest BCUT2D eigenvalue weighted by molar-refractivity contribution is 0.0657. The number of amides is 2. The third kappa shape index (κ3) is 1.91. The van der Waals surface area contributed by atoms with Crippen molar-refractivity contribution in [1.82, 2.24) is 4.90 Å². The van der Waals surface area contributed by atoms with E-state index in [-0.39, 0.29) is 30.7 Å². The van der Waals surface area contributed by atoms with E-state index in [4.69, 9.17) is 10.1 Å². The molecule has 1 aliphatic rings. The zero-order valence-corrected chi connectivity index (χ0v) is 9.40. The molecule has 0 atom stereocenters. The highest BCUT2D eigenvalue weighted by molar-refractivity contribution is 6.21. The van der Waals surface area contributed by atoms with E-state index in [0.29, 0.717) is 11.1 Å². The number of hydrogen-bond donors (Lipinski definition) is 1. The second kappa shape index (κ2) is 4.37. The van der Waals surface area contributed by atoms with Crippen LogP contribution in [0.25, 0.3) is 0 Å². The molecule has 1 N–H and O–H groups in total. The monoisotopic (exact) mass is 232 g/mol. The normalized spacial score (nSPS) is 13.8. The molecule has 0 fully saturated rings. The first-order valence-electron chi connectivity index (χ1n) is 5.21. The van der Waals surface area contributed by atoms with Gasteiger partial charge in [-0.05, 0) is 12.1 Å². The van der Waals surface area contributed by atoms with Crippen LogP contribution in [0.3, 0.4) is 0 Å². The molecule has 0 saturated carbocycles. The van der Waals surface area contributed by atoms with Crippen LogP contribution in [0.15, 0.2) is 24.3 Å². The zero-order valence-electron chi connectivity index (χ0n) is 9.40. The average Bonchev–Trinajstić information content (AvgIpc) is 2.60. The summed E-state index contributed by atoms with van der Waals surface area (Å²) in [7, 11) is 1.39. The molecule has 1 aliphatic heterocycles. The van der Waals surface area contributed by atoms with E-state index in [1.807, 2.05) is 0 Å². The summed E-state index contributed by atoms with van der Waals surface area (Å²) >= 11 is 0. The van der Waals surface area contributed by atoms with Crippen LogP contribution in [0.4, 0.5) is 0 Å². The maximum atomic E-state index is 11.9. The van der Waals surface area contributed by atoms with Gasteiger partial charge < -0.3 is 4.74 Å². The van der Waals surface area contributed by atoms with Crippen LogP contribution in [-0.4, -0.2) is 36.3 Å². The van der Waals surface area contributed by atoms with Crippen molar-refractivity contribution in [3.05, 3.63) is 35.4 Å². The van der Waals surface area contributed by atoms with Gasteiger partial charge in [0, 0.05) is 13.0 Å². The third-order valence-corrected chi connectivity index (χ3v) is 2.69. The van der Waals surface area contributed by atoms with Gasteiger partial charge in [-0.1, -0.05) is 12.1 Å². The summed E-state index contributed by atoms with van der Waals surface area (Å²) in [6.07, 6.45) is 0.238. The minimum absolute atomic E-state index is 0.0570. The molecule has 0 saturated heterocycles. The van der Waals surface area contributed by atoms with E-state index >= 15 is 0 Å². The van der Waals surface area contributed by atoms with Crippen LogP contribution in [0.1, 0.15) is 27.1 Å². The van der Waals surface area contributed by atoms with Crippen LogP contribution in [0.2, 0.25) is 0 Å². The lowest BCUT2D eigenvalue weighted by atomic mass is 10.1. The predicted octanol–water partition coefficient (Wildman–Crippen LogP) is 1.30. The molecular formula is C12H12N2O3. The van der Waals surface area contributed by atoms with Gasteiger partial charge in [0.25, 0.3) is 11.8 Å². The highest BCUT2D eigenvalue weighted by atomic mass is 16.5. The number of rotatable bonds is 3. The Bertz CT molecular complexity index is 461. The summed E-state index contributed by atoms with van der Waals surface area (Å²) < 4.78 is 4.69. The number of carbonyl (C=O) groups excluding carboxylic acids is 2. The van der Waals surface area contributed by atoms with Crippen molar-refractivity contribution in [3.8, 4) is 0 Å². The van der Waals surface area contributed by atoms with Crippen LogP contribution in [0, 0.1) is 5.41 Å². The van der Waals surface area contributed by atoms with Crippen LogP contribution in [0.5, 0.6) is 0 Å². The van der Waals surface area contributed by atoms with Gasteiger partial charge in [0.05, 0.1) is 18.2 Å². The minimum atomic E-state index is -0.297. The van der Waals surface area contributed by atoms with Crippen molar-refractivity contribution < 1.29 is 14.3 Å². The predicted molar refractivity (Wildman–Crippen MR) is 61.2 cm³/mol.